The molecule has 4 heteroatoms. The molecular formula is C17H14N2O2. The van der Waals surface area contributed by atoms with Gasteiger partial charge in [-0.2, -0.15) is 0 Å². The van der Waals surface area contributed by atoms with Crippen molar-refractivity contribution in [1.82, 2.24) is 9.97 Å². The van der Waals surface area contributed by atoms with E-state index in [9.17, 15) is 0 Å². The van der Waals surface area contributed by atoms with Gasteiger partial charge in [-0.3, -0.25) is 0 Å². The molecule has 0 amide bonds. The molecule has 0 spiro atoms. The van der Waals surface area contributed by atoms with Crippen molar-refractivity contribution < 1.29 is 8.83 Å². The number of hydrogen-bond acceptors (Lipinski definition) is 4. The molecule has 104 valence electrons. The van der Waals surface area contributed by atoms with Gasteiger partial charge in [-0.05, 0) is 37.1 Å². The molecule has 4 rings (SSSR count). The van der Waals surface area contributed by atoms with E-state index < -0.39 is 0 Å². The van der Waals surface area contributed by atoms with E-state index in [1.165, 1.54) is 0 Å². The van der Waals surface area contributed by atoms with Gasteiger partial charge < -0.3 is 8.83 Å². The van der Waals surface area contributed by atoms with Crippen molar-refractivity contribution >= 4 is 22.2 Å². The quantitative estimate of drug-likeness (QED) is 0.552. The van der Waals surface area contributed by atoms with Gasteiger partial charge in [0.05, 0.1) is 0 Å². The highest BCUT2D eigenvalue weighted by Gasteiger charge is 2.13. The summed E-state index contributed by atoms with van der Waals surface area (Å²) in [5, 5.41) is 0. The molecule has 4 nitrogen and oxygen atoms in total. The van der Waals surface area contributed by atoms with Crippen LogP contribution in [0.1, 0.15) is 22.9 Å². The molecule has 0 bridgehead atoms. The van der Waals surface area contributed by atoms with Gasteiger partial charge in [-0.25, -0.2) is 9.97 Å². The highest BCUT2D eigenvalue weighted by molar-refractivity contribution is 5.77. The Morgan fingerprint density at radius 1 is 0.762 bits per heavy atom. The van der Waals surface area contributed by atoms with E-state index >= 15 is 0 Å². The van der Waals surface area contributed by atoms with Crippen LogP contribution in [0.25, 0.3) is 22.2 Å². The molecule has 2 aromatic carbocycles. The molecule has 21 heavy (non-hydrogen) atoms. The topological polar surface area (TPSA) is 52.1 Å². The molecule has 2 aromatic heterocycles. The summed E-state index contributed by atoms with van der Waals surface area (Å²) in [4.78, 5) is 9.07. The minimum atomic E-state index is 0.461. The average Bonchev–Trinajstić information content (AvgIpc) is 3.04. The Balaban J connectivity index is 1.75. The fourth-order valence-corrected chi connectivity index (χ4v) is 2.54. The number of para-hydroxylation sites is 2. The molecule has 0 saturated carbocycles. The standard InChI is InChI=1S/C17H14N2O2/c1-10-5-3-7-12-16(10)18-14(20-12)9-15-19-17-11(2)6-4-8-13(17)21-15/h3-8H,9H2,1-2H3. The van der Waals surface area contributed by atoms with Gasteiger partial charge in [-0.15, -0.1) is 0 Å². The van der Waals surface area contributed by atoms with Gasteiger partial charge in [0.1, 0.15) is 17.5 Å². The van der Waals surface area contributed by atoms with Crippen LogP contribution in [0.15, 0.2) is 45.2 Å². The first kappa shape index (κ1) is 12.1. The molecular weight excluding hydrogens is 264 g/mol. The van der Waals surface area contributed by atoms with Crippen LogP contribution in [-0.2, 0) is 6.42 Å². The molecule has 0 N–H and O–H groups in total. The van der Waals surface area contributed by atoms with Crippen LogP contribution in [0.2, 0.25) is 0 Å². The summed E-state index contributed by atoms with van der Waals surface area (Å²) in [6.07, 6.45) is 0.461. The molecule has 0 atom stereocenters. The fourth-order valence-electron chi connectivity index (χ4n) is 2.54. The molecule has 4 aromatic rings. The van der Waals surface area contributed by atoms with Crippen LogP contribution in [-0.4, -0.2) is 9.97 Å². The lowest BCUT2D eigenvalue weighted by Gasteiger charge is -1.88. The number of aryl methyl sites for hydroxylation is 2. The Bertz CT molecular complexity index is 872. The second-order valence-electron chi connectivity index (χ2n) is 5.24. The first-order valence-electron chi connectivity index (χ1n) is 6.91. The van der Waals surface area contributed by atoms with Crippen molar-refractivity contribution in [3.8, 4) is 0 Å². The number of hydrogen-bond donors (Lipinski definition) is 0. The van der Waals surface area contributed by atoms with Crippen molar-refractivity contribution in [2.75, 3.05) is 0 Å². The van der Waals surface area contributed by atoms with Crippen molar-refractivity contribution in [2.24, 2.45) is 0 Å². The molecule has 0 saturated heterocycles. The van der Waals surface area contributed by atoms with E-state index in [0.29, 0.717) is 18.2 Å². The van der Waals surface area contributed by atoms with Crippen LogP contribution in [0.3, 0.4) is 0 Å². The van der Waals surface area contributed by atoms with E-state index in [0.717, 1.165) is 33.3 Å². The van der Waals surface area contributed by atoms with Crippen molar-refractivity contribution in [3.05, 3.63) is 59.3 Å². The van der Waals surface area contributed by atoms with E-state index in [4.69, 9.17) is 8.83 Å². The summed E-state index contributed by atoms with van der Waals surface area (Å²) in [7, 11) is 0. The summed E-state index contributed by atoms with van der Waals surface area (Å²) in [6, 6.07) is 11.8. The molecule has 0 aliphatic heterocycles. The van der Waals surface area contributed by atoms with Crippen LogP contribution in [0.5, 0.6) is 0 Å². The number of nitrogens with zero attached hydrogens (tertiary/aromatic N) is 2. The third-order valence-electron chi connectivity index (χ3n) is 3.63. The number of benzene rings is 2. The summed E-state index contributed by atoms with van der Waals surface area (Å²) in [5.74, 6) is 1.26. The Labute approximate surface area is 121 Å². The maximum absolute atomic E-state index is 5.77. The number of fused-ring (bicyclic) bond motifs is 2. The third kappa shape index (κ3) is 2.00. The predicted molar refractivity (Wildman–Crippen MR) is 80.3 cm³/mol. The van der Waals surface area contributed by atoms with Crippen molar-refractivity contribution in [1.29, 1.82) is 0 Å². The summed E-state index contributed by atoms with van der Waals surface area (Å²) < 4.78 is 11.5. The van der Waals surface area contributed by atoms with Gasteiger partial charge in [0.25, 0.3) is 0 Å². The SMILES string of the molecule is Cc1cccc2oc(Cc3nc4c(C)cccc4o3)nc12. The van der Waals surface area contributed by atoms with E-state index in [1.807, 2.05) is 50.2 Å². The van der Waals surface area contributed by atoms with Crippen molar-refractivity contribution in [2.45, 2.75) is 20.3 Å². The van der Waals surface area contributed by atoms with Crippen LogP contribution in [0, 0.1) is 13.8 Å². The lowest BCUT2D eigenvalue weighted by atomic mass is 10.2. The van der Waals surface area contributed by atoms with Gasteiger partial charge in [-0.1, -0.05) is 24.3 Å². The van der Waals surface area contributed by atoms with Crippen molar-refractivity contribution in [3.63, 3.8) is 0 Å². The number of oxazole rings is 2. The van der Waals surface area contributed by atoms with Gasteiger partial charge in [0.2, 0.25) is 11.8 Å². The molecule has 0 radical (unpaired) electrons. The lowest BCUT2D eigenvalue weighted by molar-refractivity contribution is 0.488. The van der Waals surface area contributed by atoms with Crippen LogP contribution in [0.4, 0.5) is 0 Å². The van der Waals surface area contributed by atoms with Gasteiger partial charge >= 0.3 is 0 Å². The molecule has 0 fully saturated rings. The molecule has 2 heterocycles. The second-order valence-corrected chi connectivity index (χ2v) is 5.24. The van der Waals surface area contributed by atoms with E-state index in [1.54, 1.807) is 0 Å². The predicted octanol–water partition coefficient (Wildman–Crippen LogP) is 4.18. The fraction of sp³-hybridized carbons (Fsp3) is 0.176. The highest BCUT2D eigenvalue weighted by Crippen LogP contribution is 2.23. The summed E-state index contributed by atoms with van der Waals surface area (Å²) in [5.41, 5.74) is 5.63. The monoisotopic (exact) mass is 278 g/mol. The number of rotatable bonds is 2. The summed E-state index contributed by atoms with van der Waals surface area (Å²) in [6.45, 7) is 4.05. The first-order valence-corrected chi connectivity index (χ1v) is 6.91. The number of aromatic nitrogens is 2. The molecule has 0 unspecified atom stereocenters. The van der Waals surface area contributed by atoms with Crippen LogP contribution < -0.4 is 0 Å². The summed E-state index contributed by atoms with van der Waals surface area (Å²) >= 11 is 0. The first-order chi connectivity index (χ1) is 10.2. The Morgan fingerprint density at radius 3 is 1.67 bits per heavy atom. The zero-order valence-corrected chi connectivity index (χ0v) is 11.9. The second kappa shape index (κ2) is 4.45. The normalized spacial score (nSPS) is 11.5. The van der Waals surface area contributed by atoms with E-state index in [2.05, 4.69) is 9.97 Å². The molecule has 0 aliphatic carbocycles. The zero-order valence-electron chi connectivity index (χ0n) is 11.9. The Kier molecular flexibility index (Phi) is 2.57. The largest absolute Gasteiger partial charge is 0.440 e. The third-order valence-corrected chi connectivity index (χ3v) is 3.63. The minimum Gasteiger partial charge on any atom is -0.440 e. The van der Waals surface area contributed by atoms with Gasteiger partial charge in [0.15, 0.2) is 11.2 Å². The lowest BCUT2D eigenvalue weighted by Crippen LogP contribution is -1.88. The smallest absolute Gasteiger partial charge is 0.204 e. The van der Waals surface area contributed by atoms with Gasteiger partial charge in [0, 0.05) is 0 Å². The highest BCUT2D eigenvalue weighted by atomic mass is 16.4. The van der Waals surface area contributed by atoms with E-state index in [-0.39, 0.29) is 0 Å². The zero-order chi connectivity index (χ0) is 14.4. The maximum atomic E-state index is 5.77. The Morgan fingerprint density at radius 2 is 1.24 bits per heavy atom. The average molecular weight is 278 g/mol. The minimum absolute atomic E-state index is 0.461. The molecule has 0 aliphatic rings. The van der Waals surface area contributed by atoms with Crippen LogP contribution >= 0.6 is 0 Å². The Hall–Kier alpha value is -2.62. The maximum Gasteiger partial charge on any atom is 0.204 e.